The van der Waals surface area contributed by atoms with E-state index in [0.717, 1.165) is 59.8 Å². The van der Waals surface area contributed by atoms with E-state index in [1.54, 1.807) is 13.3 Å². The summed E-state index contributed by atoms with van der Waals surface area (Å²) in [5.74, 6) is 2.23. The lowest BCUT2D eigenvalue weighted by Crippen LogP contribution is -2.48. The van der Waals surface area contributed by atoms with Crippen molar-refractivity contribution < 1.29 is 9.47 Å². The number of aromatic nitrogens is 3. The molecule has 6 rings (SSSR count). The Labute approximate surface area is 234 Å². The average molecular weight is 541 g/mol. The van der Waals surface area contributed by atoms with E-state index in [1.165, 1.54) is 0 Å². The number of anilines is 2. The number of ether oxygens (including phenoxy) is 2. The van der Waals surface area contributed by atoms with Gasteiger partial charge in [0.2, 0.25) is 5.88 Å². The molecular weight excluding hydrogens is 504 g/mol. The van der Waals surface area contributed by atoms with Crippen LogP contribution in [0.3, 0.4) is 0 Å². The predicted octanol–water partition coefficient (Wildman–Crippen LogP) is 4.47. The number of piperidine rings is 1. The molecule has 2 aliphatic heterocycles. The average Bonchev–Trinajstić information content (AvgIpc) is 3.00. The molecule has 208 valence electrons. The summed E-state index contributed by atoms with van der Waals surface area (Å²) in [7, 11) is 3.51. The van der Waals surface area contributed by atoms with Gasteiger partial charge in [-0.25, -0.2) is 9.97 Å². The van der Waals surface area contributed by atoms with Crippen molar-refractivity contribution in [1.82, 2.24) is 19.4 Å². The van der Waals surface area contributed by atoms with Crippen LogP contribution in [0.1, 0.15) is 36.9 Å². The quantitative estimate of drug-likeness (QED) is 0.351. The van der Waals surface area contributed by atoms with E-state index in [0.29, 0.717) is 31.0 Å². The highest BCUT2D eigenvalue weighted by Gasteiger charge is 2.28. The number of pyridine rings is 3. The summed E-state index contributed by atoms with van der Waals surface area (Å²) in [5.41, 5.74) is 3.99. The summed E-state index contributed by atoms with van der Waals surface area (Å²) in [6, 6.07) is 14.3. The minimum Gasteiger partial charge on any atom is -0.489 e. The van der Waals surface area contributed by atoms with E-state index in [2.05, 4.69) is 48.8 Å². The van der Waals surface area contributed by atoms with E-state index in [4.69, 9.17) is 9.47 Å². The molecule has 1 aromatic carbocycles. The molecule has 0 bridgehead atoms. The van der Waals surface area contributed by atoms with Gasteiger partial charge < -0.3 is 24.3 Å². The number of benzene rings is 1. The number of nitrogens with one attached hydrogen (secondary N) is 1. The van der Waals surface area contributed by atoms with Crippen LogP contribution >= 0.6 is 0 Å². The number of nitrogens with zero attached hydrogens (tertiary/aromatic N) is 5. The summed E-state index contributed by atoms with van der Waals surface area (Å²) >= 11 is 0. The van der Waals surface area contributed by atoms with E-state index in [1.807, 2.05) is 49.6 Å². The van der Waals surface area contributed by atoms with Crippen LogP contribution in [0.15, 0.2) is 65.8 Å². The van der Waals surface area contributed by atoms with E-state index < -0.39 is 0 Å². The third-order valence-corrected chi connectivity index (χ3v) is 8.09. The lowest BCUT2D eigenvalue weighted by Gasteiger charge is -2.40. The second-order valence-corrected chi connectivity index (χ2v) is 10.7. The highest BCUT2D eigenvalue weighted by molar-refractivity contribution is 5.86. The largest absolute Gasteiger partial charge is 0.489 e. The molecule has 0 spiro atoms. The fourth-order valence-electron chi connectivity index (χ4n) is 5.94. The Bertz CT molecular complexity index is 1550. The first-order valence-corrected chi connectivity index (χ1v) is 14.0. The minimum atomic E-state index is 0.0719. The Kier molecular flexibility index (Phi) is 7.30. The van der Waals surface area contributed by atoms with Gasteiger partial charge in [0, 0.05) is 68.7 Å². The van der Waals surface area contributed by atoms with E-state index in [9.17, 15) is 4.79 Å². The van der Waals surface area contributed by atoms with E-state index in [-0.39, 0.29) is 17.5 Å². The standard InChI is InChI=1S/C31H36N6O3/c1-21-20-40-27-8-4-7-26-30(27)37(21)18-23(31(26)38)17-36(16-22-11-12-33-29(14-22)39-3)25-6-5-13-35(19-25)24-9-10-28(32-2)34-15-24/h4,7-12,14-15,18,21,25H,5-6,13,16-17,19-20H2,1-3H3,(H,32,34). The van der Waals surface area contributed by atoms with Crippen LogP contribution in [0.25, 0.3) is 10.9 Å². The van der Waals surface area contributed by atoms with Crippen LogP contribution in [0.5, 0.6) is 11.6 Å². The molecule has 2 aliphatic rings. The molecule has 3 aromatic heterocycles. The summed E-state index contributed by atoms with van der Waals surface area (Å²) in [4.78, 5) is 27.5. The van der Waals surface area contributed by atoms with Gasteiger partial charge in [0.15, 0.2) is 5.43 Å². The zero-order chi connectivity index (χ0) is 27.6. The molecule has 2 unspecified atom stereocenters. The van der Waals surface area contributed by atoms with Crippen LogP contribution in [-0.2, 0) is 13.1 Å². The van der Waals surface area contributed by atoms with Gasteiger partial charge in [0.05, 0.1) is 30.6 Å². The third kappa shape index (κ3) is 5.09. The maximum Gasteiger partial charge on any atom is 0.213 e. The molecule has 4 aromatic rings. The summed E-state index contributed by atoms with van der Waals surface area (Å²) in [6.45, 7) is 5.80. The van der Waals surface area contributed by atoms with Gasteiger partial charge in [0.1, 0.15) is 18.2 Å². The van der Waals surface area contributed by atoms with Crippen molar-refractivity contribution in [2.75, 3.05) is 44.1 Å². The summed E-state index contributed by atoms with van der Waals surface area (Å²) in [6.07, 6.45) is 7.90. The number of hydrogen-bond acceptors (Lipinski definition) is 8. The van der Waals surface area contributed by atoms with Crippen LogP contribution in [0, 0.1) is 0 Å². The zero-order valence-corrected chi connectivity index (χ0v) is 23.3. The third-order valence-electron chi connectivity index (χ3n) is 8.09. The number of para-hydroxylation sites is 1. The molecule has 5 heterocycles. The molecular formula is C31H36N6O3. The van der Waals surface area contributed by atoms with E-state index >= 15 is 0 Å². The van der Waals surface area contributed by atoms with Crippen LogP contribution in [0.2, 0.25) is 0 Å². The maximum absolute atomic E-state index is 13.8. The molecule has 0 amide bonds. The molecule has 9 heteroatoms. The van der Waals surface area contributed by atoms with Crippen molar-refractivity contribution in [3.8, 4) is 11.6 Å². The second-order valence-electron chi connectivity index (χ2n) is 10.7. The fraction of sp³-hybridized carbons (Fsp3) is 0.387. The van der Waals surface area contributed by atoms with Gasteiger partial charge in [0.25, 0.3) is 0 Å². The first-order valence-electron chi connectivity index (χ1n) is 14.0. The Morgan fingerprint density at radius 1 is 1.18 bits per heavy atom. The van der Waals surface area contributed by atoms with Crippen LogP contribution < -0.4 is 25.1 Å². The molecule has 9 nitrogen and oxygen atoms in total. The van der Waals surface area contributed by atoms with Gasteiger partial charge in [-0.1, -0.05) is 6.07 Å². The molecule has 0 aliphatic carbocycles. The number of rotatable bonds is 8. The van der Waals surface area contributed by atoms with Crippen molar-refractivity contribution in [3.63, 3.8) is 0 Å². The molecule has 2 atom stereocenters. The van der Waals surface area contributed by atoms with Crippen molar-refractivity contribution in [3.05, 3.63) is 82.4 Å². The van der Waals surface area contributed by atoms with Crippen molar-refractivity contribution in [2.45, 2.75) is 44.9 Å². The predicted molar refractivity (Wildman–Crippen MR) is 157 cm³/mol. The normalized spacial score (nSPS) is 18.6. The Morgan fingerprint density at radius 3 is 2.88 bits per heavy atom. The topological polar surface area (TPSA) is 84.8 Å². The van der Waals surface area contributed by atoms with Gasteiger partial charge in [-0.15, -0.1) is 0 Å². The maximum atomic E-state index is 13.8. The molecule has 1 N–H and O–H groups in total. The zero-order valence-electron chi connectivity index (χ0n) is 23.3. The number of methoxy groups -OCH3 is 1. The van der Waals surface area contributed by atoms with Gasteiger partial charge >= 0.3 is 0 Å². The minimum absolute atomic E-state index is 0.0719. The first-order chi connectivity index (χ1) is 19.5. The monoisotopic (exact) mass is 540 g/mol. The Morgan fingerprint density at radius 2 is 2.08 bits per heavy atom. The summed E-state index contributed by atoms with van der Waals surface area (Å²) < 4.78 is 13.6. The number of hydrogen-bond donors (Lipinski definition) is 1. The lowest BCUT2D eigenvalue weighted by molar-refractivity contribution is 0.157. The van der Waals surface area contributed by atoms with Gasteiger partial charge in [-0.05, 0) is 55.7 Å². The molecule has 1 fully saturated rings. The highest BCUT2D eigenvalue weighted by Crippen LogP contribution is 2.32. The molecule has 1 saturated heterocycles. The van der Waals surface area contributed by atoms with Crippen molar-refractivity contribution >= 4 is 22.4 Å². The van der Waals surface area contributed by atoms with Crippen molar-refractivity contribution in [2.24, 2.45) is 0 Å². The lowest BCUT2D eigenvalue weighted by atomic mass is 10.0. The smallest absolute Gasteiger partial charge is 0.213 e. The molecule has 40 heavy (non-hydrogen) atoms. The SMILES string of the molecule is CNc1ccc(N2CCCC(N(Cc3ccnc(OC)c3)Cc3cn4c5c(cccc5c3=O)OCC4C)C2)cn1. The molecule has 0 saturated carbocycles. The van der Waals surface area contributed by atoms with Gasteiger partial charge in [-0.2, -0.15) is 0 Å². The molecule has 0 radical (unpaired) electrons. The van der Waals surface area contributed by atoms with Crippen molar-refractivity contribution in [1.29, 1.82) is 0 Å². The highest BCUT2D eigenvalue weighted by atomic mass is 16.5. The summed E-state index contributed by atoms with van der Waals surface area (Å²) in [5, 5.41) is 3.81. The second kappa shape index (κ2) is 11.2. The van der Waals surface area contributed by atoms with Gasteiger partial charge in [-0.3, -0.25) is 9.69 Å². The first kappa shape index (κ1) is 26.1. The fourth-order valence-corrected chi connectivity index (χ4v) is 5.94. The van der Waals surface area contributed by atoms with Crippen LogP contribution in [0.4, 0.5) is 11.5 Å². The Hall–Kier alpha value is -4.11. The Balaban J connectivity index is 1.35. The van der Waals surface area contributed by atoms with Crippen LogP contribution in [-0.4, -0.2) is 59.3 Å².